The first-order valence-corrected chi connectivity index (χ1v) is 7.77. The van der Waals surface area contributed by atoms with Gasteiger partial charge in [0.25, 0.3) is 0 Å². The Balaban J connectivity index is 1.82. The second kappa shape index (κ2) is 7.43. The number of ether oxygens (including phenoxy) is 1. The van der Waals surface area contributed by atoms with Crippen molar-refractivity contribution in [2.45, 2.75) is 63.5 Å². The van der Waals surface area contributed by atoms with E-state index in [4.69, 9.17) is 0 Å². The van der Waals surface area contributed by atoms with Gasteiger partial charge in [0, 0.05) is 6.42 Å². The monoisotopic (exact) mass is 296 g/mol. The van der Waals surface area contributed by atoms with Crippen LogP contribution in [0.5, 0.6) is 0 Å². The molecule has 118 valence electrons. The number of piperazine rings is 1. The van der Waals surface area contributed by atoms with Gasteiger partial charge >= 0.3 is 5.97 Å². The van der Waals surface area contributed by atoms with Gasteiger partial charge in [0.05, 0.1) is 7.11 Å². The summed E-state index contributed by atoms with van der Waals surface area (Å²) in [5.41, 5.74) is 0. The van der Waals surface area contributed by atoms with Crippen molar-refractivity contribution in [3.8, 4) is 0 Å². The molecule has 21 heavy (non-hydrogen) atoms. The fourth-order valence-electron chi connectivity index (χ4n) is 3.17. The van der Waals surface area contributed by atoms with E-state index in [1.54, 1.807) is 0 Å². The molecule has 1 saturated heterocycles. The van der Waals surface area contributed by atoms with Gasteiger partial charge in [0.2, 0.25) is 11.8 Å². The fourth-order valence-corrected chi connectivity index (χ4v) is 3.17. The van der Waals surface area contributed by atoms with Crippen molar-refractivity contribution in [3.63, 3.8) is 0 Å². The van der Waals surface area contributed by atoms with E-state index in [9.17, 15) is 14.4 Å². The van der Waals surface area contributed by atoms with Gasteiger partial charge in [-0.3, -0.25) is 14.4 Å². The maximum Gasteiger partial charge on any atom is 0.305 e. The third kappa shape index (κ3) is 4.44. The highest BCUT2D eigenvalue weighted by Crippen LogP contribution is 2.27. The molecule has 2 amide bonds. The molecule has 1 aliphatic carbocycles. The van der Waals surface area contributed by atoms with E-state index in [1.807, 2.05) is 0 Å². The summed E-state index contributed by atoms with van der Waals surface area (Å²) in [5.74, 6) is -0.169. The molecule has 0 aromatic heterocycles. The van der Waals surface area contributed by atoms with Crippen molar-refractivity contribution < 1.29 is 19.1 Å². The van der Waals surface area contributed by atoms with Crippen molar-refractivity contribution in [2.75, 3.05) is 7.11 Å². The largest absolute Gasteiger partial charge is 0.469 e. The van der Waals surface area contributed by atoms with E-state index in [0.717, 1.165) is 19.3 Å². The summed E-state index contributed by atoms with van der Waals surface area (Å²) >= 11 is 0. The van der Waals surface area contributed by atoms with Gasteiger partial charge in [0.15, 0.2) is 0 Å². The smallest absolute Gasteiger partial charge is 0.305 e. The number of nitrogens with one attached hydrogen (secondary N) is 2. The third-order valence-corrected chi connectivity index (χ3v) is 4.42. The zero-order valence-electron chi connectivity index (χ0n) is 12.5. The lowest BCUT2D eigenvalue weighted by Crippen LogP contribution is -2.62. The van der Waals surface area contributed by atoms with Crippen LogP contribution in [0.4, 0.5) is 0 Å². The van der Waals surface area contributed by atoms with Crippen LogP contribution in [0.2, 0.25) is 0 Å². The Morgan fingerprint density at radius 3 is 2.38 bits per heavy atom. The number of hydrogen-bond acceptors (Lipinski definition) is 4. The second-order valence-electron chi connectivity index (χ2n) is 5.98. The Morgan fingerprint density at radius 1 is 1.10 bits per heavy atom. The van der Waals surface area contributed by atoms with Crippen LogP contribution in [0.1, 0.15) is 51.4 Å². The molecule has 0 aromatic carbocycles. The quantitative estimate of drug-likeness (QED) is 0.738. The average Bonchev–Trinajstić information content (AvgIpc) is 2.50. The topological polar surface area (TPSA) is 84.5 Å². The molecular weight excluding hydrogens is 272 g/mol. The second-order valence-corrected chi connectivity index (χ2v) is 5.98. The molecule has 6 heteroatoms. The fraction of sp³-hybridized carbons (Fsp3) is 0.800. The minimum Gasteiger partial charge on any atom is -0.469 e. The van der Waals surface area contributed by atoms with Gasteiger partial charge in [-0.1, -0.05) is 32.1 Å². The lowest BCUT2D eigenvalue weighted by atomic mass is 9.84. The summed E-state index contributed by atoms with van der Waals surface area (Å²) in [7, 11) is 1.31. The summed E-state index contributed by atoms with van der Waals surface area (Å²) in [6.07, 6.45) is 7.12. The van der Waals surface area contributed by atoms with Crippen LogP contribution >= 0.6 is 0 Å². The zero-order chi connectivity index (χ0) is 15.2. The first-order chi connectivity index (χ1) is 10.1. The summed E-state index contributed by atoms with van der Waals surface area (Å²) in [4.78, 5) is 35.2. The number of amides is 2. The number of rotatable bonds is 5. The summed E-state index contributed by atoms with van der Waals surface area (Å²) in [5, 5.41) is 5.53. The molecule has 0 unspecified atom stereocenters. The molecule has 2 rings (SSSR count). The number of methoxy groups -OCH3 is 1. The number of hydrogen-bond donors (Lipinski definition) is 2. The normalized spacial score (nSPS) is 26.9. The minimum absolute atomic E-state index is 0.127. The number of carbonyl (C=O) groups is 3. The first kappa shape index (κ1) is 15.8. The molecule has 1 aliphatic heterocycles. The van der Waals surface area contributed by atoms with Crippen LogP contribution < -0.4 is 10.6 Å². The van der Waals surface area contributed by atoms with Crippen LogP contribution in [-0.2, 0) is 19.1 Å². The van der Waals surface area contributed by atoms with Crippen molar-refractivity contribution in [2.24, 2.45) is 5.92 Å². The van der Waals surface area contributed by atoms with Gasteiger partial charge in [-0.15, -0.1) is 0 Å². The van der Waals surface area contributed by atoms with Crippen molar-refractivity contribution >= 4 is 17.8 Å². The third-order valence-electron chi connectivity index (χ3n) is 4.42. The van der Waals surface area contributed by atoms with Crippen molar-refractivity contribution in [1.29, 1.82) is 0 Å². The van der Waals surface area contributed by atoms with Gasteiger partial charge in [-0.05, 0) is 18.8 Å². The Morgan fingerprint density at radius 2 is 1.71 bits per heavy atom. The highest BCUT2D eigenvalue weighted by atomic mass is 16.5. The molecule has 0 bridgehead atoms. The average molecular weight is 296 g/mol. The van der Waals surface area contributed by atoms with Crippen LogP contribution in [0.3, 0.4) is 0 Å². The number of carbonyl (C=O) groups excluding carboxylic acids is 3. The molecule has 1 heterocycles. The Kier molecular flexibility index (Phi) is 5.59. The van der Waals surface area contributed by atoms with Crippen LogP contribution in [0.15, 0.2) is 0 Å². The van der Waals surface area contributed by atoms with E-state index in [0.29, 0.717) is 5.92 Å². The van der Waals surface area contributed by atoms with E-state index < -0.39 is 12.1 Å². The Bertz CT molecular complexity index is 404. The highest BCUT2D eigenvalue weighted by molar-refractivity contribution is 5.97. The molecule has 2 N–H and O–H groups in total. The van der Waals surface area contributed by atoms with Gasteiger partial charge in [0.1, 0.15) is 12.1 Å². The summed E-state index contributed by atoms with van der Waals surface area (Å²) in [6.45, 7) is 0. The lowest BCUT2D eigenvalue weighted by molar-refractivity contribution is -0.142. The van der Waals surface area contributed by atoms with Crippen LogP contribution in [0, 0.1) is 5.92 Å². The van der Waals surface area contributed by atoms with E-state index in [-0.39, 0.29) is 30.6 Å². The van der Waals surface area contributed by atoms with E-state index >= 15 is 0 Å². The van der Waals surface area contributed by atoms with Crippen LogP contribution in [-0.4, -0.2) is 37.0 Å². The Hall–Kier alpha value is -1.59. The predicted octanol–water partition coefficient (Wildman–Crippen LogP) is 0.893. The molecule has 1 saturated carbocycles. The van der Waals surface area contributed by atoms with Gasteiger partial charge < -0.3 is 15.4 Å². The molecular formula is C15H24N2O4. The summed E-state index contributed by atoms with van der Waals surface area (Å²) in [6, 6.07) is -1.05. The SMILES string of the molecule is COC(=O)CC[C@@H]1NC(=O)[C@H](CC2CCCCC2)NC1=O. The van der Waals surface area contributed by atoms with E-state index in [1.165, 1.54) is 26.4 Å². The molecule has 0 radical (unpaired) electrons. The van der Waals surface area contributed by atoms with Crippen molar-refractivity contribution in [1.82, 2.24) is 10.6 Å². The molecule has 6 nitrogen and oxygen atoms in total. The molecule has 0 spiro atoms. The minimum atomic E-state index is -0.626. The maximum absolute atomic E-state index is 12.1. The van der Waals surface area contributed by atoms with Crippen molar-refractivity contribution in [3.05, 3.63) is 0 Å². The van der Waals surface area contributed by atoms with E-state index in [2.05, 4.69) is 15.4 Å². The molecule has 0 aromatic rings. The lowest BCUT2D eigenvalue weighted by Gasteiger charge is -2.32. The highest BCUT2D eigenvalue weighted by Gasteiger charge is 2.35. The molecule has 2 atom stereocenters. The molecule has 2 aliphatic rings. The zero-order valence-corrected chi connectivity index (χ0v) is 12.5. The van der Waals surface area contributed by atoms with Crippen LogP contribution in [0.25, 0.3) is 0 Å². The molecule has 2 fully saturated rings. The Labute approximate surface area is 125 Å². The number of esters is 1. The maximum atomic E-state index is 12.1. The first-order valence-electron chi connectivity index (χ1n) is 7.77. The standard InChI is InChI=1S/C15H24N2O4/c1-21-13(18)8-7-11-14(19)17-12(15(20)16-11)9-10-5-3-2-4-6-10/h10-12H,2-9H2,1H3,(H,16,20)(H,17,19)/t11-,12-/m0/s1. The predicted molar refractivity (Wildman–Crippen MR) is 76.3 cm³/mol. The van der Waals surface area contributed by atoms with Gasteiger partial charge in [-0.2, -0.15) is 0 Å². The van der Waals surface area contributed by atoms with Gasteiger partial charge in [-0.25, -0.2) is 0 Å². The summed E-state index contributed by atoms with van der Waals surface area (Å²) < 4.78 is 4.54.